The van der Waals surface area contributed by atoms with Crippen LogP contribution in [0.3, 0.4) is 0 Å². The highest BCUT2D eigenvalue weighted by molar-refractivity contribution is 7.13. The van der Waals surface area contributed by atoms with Crippen molar-refractivity contribution >= 4 is 33.2 Å². The molecule has 0 atom stereocenters. The van der Waals surface area contributed by atoms with Gasteiger partial charge in [-0.1, -0.05) is 6.92 Å². The van der Waals surface area contributed by atoms with Gasteiger partial charge in [-0.05, 0) is 43.5 Å². The van der Waals surface area contributed by atoms with Crippen LogP contribution in [0.4, 0.5) is 10.9 Å². The molecule has 0 aliphatic carbocycles. The third-order valence-electron chi connectivity index (χ3n) is 3.39. The quantitative estimate of drug-likeness (QED) is 0.789. The van der Waals surface area contributed by atoms with E-state index < -0.39 is 0 Å². The Balaban J connectivity index is 2.04. The van der Waals surface area contributed by atoms with E-state index in [1.165, 1.54) is 11.1 Å². The first-order valence-corrected chi connectivity index (χ1v) is 7.48. The predicted octanol–water partition coefficient (Wildman–Crippen LogP) is 4.01. The topological polar surface area (TPSA) is 50.7 Å². The van der Waals surface area contributed by atoms with E-state index >= 15 is 0 Å². The summed E-state index contributed by atoms with van der Waals surface area (Å²) in [7, 11) is 0. The van der Waals surface area contributed by atoms with Crippen molar-refractivity contribution in [3.05, 3.63) is 40.7 Å². The average Bonchev–Trinajstić information content (AvgIpc) is 2.89. The second-order valence-corrected chi connectivity index (χ2v) is 5.66. The Kier molecular flexibility index (Phi) is 3.36. The highest BCUT2D eigenvalue weighted by Crippen LogP contribution is 2.27. The summed E-state index contributed by atoms with van der Waals surface area (Å²) >= 11 is 1.60. The third kappa shape index (κ3) is 2.36. The molecule has 0 saturated carbocycles. The molecule has 20 heavy (non-hydrogen) atoms. The molecule has 0 aliphatic rings. The second-order valence-electron chi connectivity index (χ2n) is 4.80. The normalized spacial score (nSPS) is 10.9. The number of fused-ring (bicyclic) bond motifs is 1. The van der Waals surface area contributed by atoms with Crippen LogP contribution in [-0.2, 0) is 6.42 Å². The fourth-order valence-corrected chi connectivity index (χ4v) is 2.84. The van der Waals surface area contributed by atoms with Gasteiger partial charge in [-0.25, -0.2) is 15.0 Å². The summed E-state index contributed by atoms with van der Waals surface area (Å²) in [6, 6.07) is 4.22. The van der Waals surface area contributed by atoms with Crippen LogP contribution in [0.25, 0.3) is 10.9 Å². The van der Waals surface area contributed by atoms with Gasteiger partial charge in [0, 0.05) is 10.8 Å². The number of nitrogens with one attached hydrogen (secondary N) is 1. The minimum absolute atomic E-state index is 0.815. The van der Waals surface area contributed by atoms with Crippen LogP contribution in [0.5, 0.6) is 0 Å². The minimum Gasteiger partial charge on any atom is -0.316 e. The van der Waals surface area contributed by atoms with Crippen molar-refractivity contribution in [1.29, 1.82) is 0 Å². The molecule has 0 aliphatic heterocycles. The molecule has 4 nitrogen and oxygen atoms in total. The van der Waals surface area contributed by atoms with E-state index in [0.717, 1.165) is 34.0 Å². The molecule has 0 bridgehead atoms. The van der Waals surface area contributed by atoms with Gasteiger partial charge in [-0.3, -0.25) is 0 Å². The van der Waals surface area contributed by atoms with Gasteiger partial charge in [0.2, 0.25) is 0 Å². The van der Waals surface area contributed by atoms with Gasteiger partial charge in [-0.2, -0.15) is 0 Å². The summed E-state index contributed by atoms with van der Waals surface area (Å²) in [6.45, 7) is 6.30. The van der Waals surface area contributed by atoms with Crippen LogP contribution >= 0.6 is 11.3 Å². The molecule has 2 aromatic heterocycles. The summed E-state index contributed by atoms with van der Waals surface area (Å²) in [4.78, 5) is 13.2. The van der Waals surface area contributed by atoms with Crippen LogP contribution in [0.15, 0.2) is 23.8 Å². The molecule has 0 saturated heterocycles. The van der Waals surface area contributed by atoms with E-state index in [2.05, 4.69) is 58.6 Å². The van der Waals surface area contributed by atoms with E-state index in [1.807, 2.05) is 0 Å². The molecule has 1 aromatic carbocycles. The molecular weight excluding hydrogens is 268 g/mol. The summed E-state index contributed by atoms with van der Waals surface area (Å²) in [5.74, 6) is 0.815. The van der Waals surface area contributed by atoms with Crippen LogP contribution in [0, 0.1) is 13.8 Å². The van der Waals surface area contributed by atoms with Crippen molar-refractivity contribution in [2.45, 2.75) is 27.2 Å². The van der Waals surface area contributed by atoms with Gasteiger partial charge in [0.25, 0.3) is 0 Å². The first kappa shape index (κ1) is 13.0. The molecule has 102 valence electrons. The molecule has 5 heteroatoms. The summed E-state index contributed by atoms with van der Waals surface area (Å²) in [5, 5.41) is 7.28. The summed E-state index contributed by atoms with van der Waals surface area (Å²) in [6.07, 6.45) is 2.54. The maximum atomic E-state index is 4.52. The molecule has 0 amide bonds. The Hall–Kier alpha value is -2.01. The number of anilines is 2. The fraction of sp³-hybridized carbons (Fsp3) is 0.267. The number of thiazole rings is 1. The third-order valence-corrected chi connectivity index (χ3v) is 4.20. The predicted molar refractivity (Wildman–Crippen MR) is 83.8 cm³/mol. The van der Waals surface area contributed by atoms with E-state index in [4.69, 9.17) is 0 Å². The Morgan fingerprint density at radius 1 is 1.15 bits per heavy atom. The molecule has 0 spiro atoms. The number of benzene rings is 1. The Morgan fingerprint density at radius 3 is 2.70 bits per heavy atom. The SMILES string of the molecule is CCc1csc(Nc2ncnc3cc(C)c(C)cc23)n1. The highest BCUT2D eigenvalue weighted by Gasteiger charge is 2.08. The average molecular weight is 284 g/mol. The van der Waals surface area contributed by atoms with Crippen molar-refractivity contribution in [2.24, 2.45) is 0 Å². The lowest BCUT2D eigenvalue weighted by atomic mass is 10.1. The van der Waals surface area contributed by atoms with Gasteiger partial charge >= 0.3 is 0 Å². The lowest BCUT2D eigenvalue weighted by Crippen LogP contribution is -1.97. The maximum Gasteiger partial charge on any atom is 0.188 e. The lowest BCUT2D eigenvalue weighted by molar-refractivity contribution is 1.06. The van der Waals surface area contributed by atoms with Gasteiger partial charge in [0.15, 0.2) is 5.13 Å². The lowest BCUT2D eigenvalue weighted by Gasteiger charge is -2.08. The number of hydrogen-bond acceptors (Lipinski definition) is 5. The zero-order chi connectivity index (χ0) is 14.1. The van der Waals surface area contributed by atoms with Crippen molar-refractivity contribution in [3.8, 4) is 0 Å². The van der Waals surface area contributed by atoms with Crippen LogP contribution in [0.2, 0.25) is 0 Å². The van der Waals surface area contributed by atoms with Gasteiger partial charge in [-0.15, -0.1) is 11.3 Å². The van der Waals surface area contributed by atoms with Gasteiger partial charge in [0.1, 0.15) is 12.1 Å². The molecular formula is C15H16N4S. The summed E-state index contributed by atoms with van der Waals surface area (Å²) in [5.41, 5.74) is 4.54. The van der Waals surface area contributed by atoms with E-state index in [1.54, 1.807) is 17.7 Å². The first-order valence-electron chi connectivity index (χ1n) is 6.60. The molecule has 3 rings (SSSR count). The van der Waals surface area contributed by atoms with Crippen molar-refractivity contribution < 1.29 is 0 Å². The van der Waals surface area contributed by atoms with Crippen molar-refractivity contribution in [3.63, 3.8) is 0 Å². The number of aromatic nitrogens is 3. The zero-order valence-electron chi connectivity index (χ0n) is 11.8. The monoisotopic (exact) mass is 284 g/mol. The smallest absolute Gasteiger partial charge is 0.188 e. The van der Waals surface area contributed by atoms with E-state index in [-0.39, 0.29) is 0 Å². The fourth-order valence-electron chi connectivity index (χ4n) is 2.04. The summed E-state index contributed by atoms with van der Waals surface area (Å²) < 4.78 is 0. The molecule has 0 fully saturated rings. The Morgan fingerprint density at radius 2 is 1.95 bits per heavy atom. The van der Waals surface area contributed by atoms with Crippen molar-refractivity contribution in [2.75, 3.05) is 5.32 Å². The Bertz CT molecular complexity index is 764. The second kappa shape index (κ2) is 5.17. The molecule has 2 heterocycles. The van der Waals surface area contributed by atoms with E-state index in [0.29, 0.717) is 0 Å². The number of aryl methyl sites for hydroxylation is 3. The van der Waals surface area contributed by atoms with Gasteiger partial charge in [0.05, 0.1) is 11.2 Å². The van der Waals surface area contributed by atoms with Gasteiger partial charge < -0.3 is 5.32 Å². The van der Waals surface area contributed by atoms with E-state index in [9.17, 15) is 0 Å². The maximum absolute atomic E-state index is 4.52. The number of hydrogen-bond donors (Lipinski definition) is 1. The molecule has 0 unspecified atom stereocenters. The van der Waals surface area contributed by atoms with Crippen LogP contribution < -0.4 is 5.32 Å². The minimum atomic E-state index is 0.815. The molecule has 1 N–H and O–H groups in total. The largest absolute Gasteiger partial charge is 0.316 e. The van der Waals surface area contributed by atoms with Crippen LogP contribution in [-0.4, -0.2) is 15.0 Å². The zero-order valence-corrected chi connectivity index (χ0v) is 12.6. The molecule has 3 aromatic rings. The number of rotatable bonds is 3. The molecule has 0 radical (unpaired) electrons. The number of nitrogens with zero attached hydrogens (tertiary/aromatic N) is 3. The standard InChI is InChI=1S/C15H16N4S/c1-4-11-7-20-15(18-11)19-14-12-5-9(2)10(3)6-13(12)16-8-17-14/h5-8H,4H2,1-3H3,(H,16,17,18,19). The first-order chi connectivity index (χ1) is 9.67. The Labute approximate surface area is 121 Å². The highest BCUT2D eigenvalue weighted by atomic mass is 32.1. The van der Waals surface area contributed by atoms with Crippen molar-refractivity contribution in [1.82, 2.24) is 15.0 Å². The van der Waals surface area contributed by atoms with Crippen LogP contribution in [0.1, 0.15) is 23.7 Å².